The fraction of sp³-hybridized carbons (Fsp3) is 0.348. The number of hydrogen-bond donors (Lipinski definition) is 1. The van der Waals surface area contributed by atoms with Crippen molar-refractivity contribution in [2.75, 3.05) is 13.1 Å². The molecule has 1 N–H and O–H groups in total. The van der Waals surface area contributed by atoms with Crippen LogP contribution < -0.4 is 10.4 Å². The molecule has 2 heterocycles. The number of rotatable bonds is 4. The van der Waals surface area contributed by atoms with Crippen molar-refractivity contribution >= 4 is 23.2 Å². The maximum atomic E-state index is 15.1. The van der Waals surface area contributed by atoms with Gasteiger partial charge in [0.15, 0.2) is 11.6 Å². The lowest BCUT2D eigenvalue weighted by Gasteiger charge is -2.30. The van der Waals surface area contributed by atoms with Gasteiger partial charge in [0, 0.05) is 54.2 Å². The zero-order valence-electron chi connectivity index (χ0n) is 17.3. The van der Waals surface area contributed by atoms with E-state index >= 15 is 4.39 Å². The molecular formula is C23H22Cl2FN3O3. The summed E-state index contributed by atoms with van der Waals surface area (Å²) >= 11 is 12.7. The van der Waals surface area contributed by atoms with Crippen LogP contribution in [0.2, 0.25) is 10.0 Å². The average Bonchev–Trinajstić information content (AvgIpc) is 3.42. The molecule has 9 heteroatoms. The van der Waals surface area contributed by atoms with Gasteiger partial charge in [0.25, 0.3) is 0 Å². The molecule has 1 aliphatic heterocycles. The summed E-state index contributed by atoms with van der Waals surface area (Å²) < 4.78 is 24.1. The Balaban J connectivity index is 1.49. The van der Waals surface area contributed by atoms with Crippen molar-refractivity contribution < 1.29 is 14.2 Å². The Labute approximate surface area is 194 Å². The number of likely N-dealkylation sites (tertiary alicyclic amines) is 1. The van der Waals surface area contributed by atoms with Crippen molar-refractivity contribution in [1.82, 2.24) is 14.0 Å². The van der Waals surface area contributed by atoms with Crippen LogP contribution in [0.15, 0.2) is 47.5 Å². The largest absolute Gasteiger partial charge is 0.481 e. The number of benzene rings is 2. The second-order valence-electron chi connectivity index (χ2n) is 8.38. The molecule has 0 radical (unpaired) electrons. The van der Waals surface area contributed by atoms with E-state index in [4.69, 9.17) is 27.9 Å². The van der Waals surface area contributed by atoms with Crippen LogP contribution in [0.3, 0.4) is 0 Å². The normalized spacial score (nSPS) is 23.0. The van der Waals surface area contributed by atoms with Gasteiger partial charge in [-0.2, -0.15) is 0 Å². The fourth-order valence-electron chi connectivity index (χ4n) is 4.68. The molecule has 1 fully saturated rings. The number of aliphatic hydroxyl groups excluding tert-OH is 1. The Morgan fingerprint density at radius 1 is 1.19 bits per heavy atom. The minimum atomic E-state index is -0.569. The molecule has 0 unspecified atom stereocenters. The summed E-state index contributed by atoms with van der Waals surface area (Å²) in [7, 11) is 1.63. The number of aryl methyl sites for hydroxylation is 1. The topological polar surface area (TPSA) is 59.6 Å². The van der Waals surface area contributed by atoms with Crippen molar-refractivity contribution in [3.05, 3.63) is 80.2 Å². The molecule has 2 aliphatic rings. The van der Waals surface area contributed by atoms with Crippen molar-refractivity contribution in [3.63, 3.8) is 0 Å². The van der Waals surface area contributed by atoms with Gasteiger partial charge in [0.2, 0.25) is 0 Å². The van der Waals surface area contributed by atoms with E-state index in [0.29, 0.717) is 35.1 Å². The van der Waals surface area contributed by atoms with Gasteiger partial charge in [0.05, 0.1) is 17.8 Å². The third kappa shape index (κ3) is 3.73. The number of imidazole rings is 1. The van der Waals surface area contributed by atoms with Crippen LogP contribution in [-0.2, 0) is 13.5 Å². The third-order valence-corrected chi connectivity index (χ3v) is 6.88. The molecule has 0 saturated carbocycles. The Bertz CT molecular complexity index is 1240. The number of aromatic nitrogens is 2. The lowest BCUT2D eigenvalue weighted by Crippen LogP contribution is -2.39. The Morgan fingerprint density at radius 2 is 2.00 bits per heavy atom. The van der Waals surface area contributed by atoms with Crippen LogP contribution in [0.5, 0.6) is 5.75 Å². The van der Waals surface area contributed by atoms with Gasteiger partial charge < -0.3 is 14.4 Å². The number of nitrogens with zero attached hydrogens (tertiary/aromatic N) is 3. The average molecular weight is 478 g/mol. The molecule has 1 aliphatic carbocycles. The molecule has 3 aromatic rings. The second-order valence-corrected chi connectivity index (χ2v) is 9.22. The van der Waals surface area contributed by atoms with Gasteiger partial charge in [-0.25, -0.2) is 9.18 Å². The summed E-state index contributed by atoms with van der Waals surface area (Å²) in [5.74, 6) is -0.489. The smallest absolute Gasteiger partial charge is 0.332 e. The van der Waals surface area contributed by atoms with Crippen LogP contribution in [-0.4, -0.2) is 44.4 Å². The molecule has 0 spiro atoms. The zero-order valence-corrected chi connectivity index (χ0v) is 18.9. The molecule has 0 bridgehead atoms. The molecule has 32 heavy (non-hydrogen) atoms. The molecular weight excluding hydrogens is 456 g/mol. The van der Waals surface area contributed by atoms with Crippen LogP contribution in [0.1, 0.15) is 23.7 Å². The standard InChI is InChI=1S/C23H22Cl2FN3O3/c1-27-6-7-29(23(27)31)14-2-3-21(19(26)10-14)32-22-17-8-13(24)9-18(25)16(17)11-20(22)28-5-4-15(30)12-28/h2-3,6-10,15,20,22,30H,4-5,11-12H2,1H3/t15-,20+,22+/m1/s1. The number of ether oxygens (including phenoxy) is 1. The van der Waals surface area contributed by atoms with E-state index in [1.165, 1.54) is 21.3 Å². The lowest BCUT2D eigenvalue weighted by atomic mass is 10.1. The predicted octanol–water partition coefficient (Wildman–Crippen LogP) is 3.73. The number of halogens is 3. The SMILES string of the molecule is Cn1ccn(-c2ccc(O[C@H]3c4cc(Cl)cc(Cl)c4C[C@@H]3N3CC[C@@H](O)C3)c(F)c2)c1=O. The van der Waals surface area contributed by atoms with Gasteiger partial charge in [-0.3, -0.25) is 9.47 Å². The molecule has 2 aromatic carbocycles. The van der Waals surface area contributed by atoms with E-state index in [9.17, 15) is 9.90 Å². The summed E-state index contributed by atoms with van der Waals surface area (Å²) in [4.78, 5) is 14.3. The summed E-state index contributed by atoms with van der Waals surface area (Å²) in [6.07, 6.45) is 3.63. The summed E-state index contributed by atoms with van der Waals surface area (Å²) in [5.41, 5.74) is 1.91. The molecule has 0 amide bonds. The Morgan fingerprint density at radius 3 is 2.66 bits per heavy atom. The van der Waals surface area contributed by atoms with Gasteiger partial charge in [-0.15, -0.1) is 0 Å². The van der Waals surface area contributed by atoms with Gasteiger partial charge in [-0.05, 0) is 42.7 Å². The fourth-order valence-corrected chi connectivity index (χ4v) is 5.27. The van der Waals surface area contributed by atoms with E-state index < -0.39 is 18.0 Å². The van der Waals surface area contributed by atoms with Gasteiger partial charge >= 0.3 is 5.69 Å². The van der Waals surface area contributed by atoms with Crippen molar-refractivity contribution in [1.29, 1.82) is 0 Å². The maximum Gasteiger partial charge on any atom is 0.332 e. The zero-order chi connectivity index (χ0) is 22.6. The van der Waals surface area contributed by atoms with E-state index in [1.54, 1.807) is 31.6 Å². The van der Waals surface area contributed by atoms with Gasteiger partial charge in [-0.1, -0.05) is 23.2 Å². The number of β-amino-alcohol motifs (C(OH)–C–C–N with tert-alkyl or cyclic N) is 1. The van der Waals surface area contributed by atoms with Gasteiger partial charge in [0.1, 0.15) is 6.10 Å². The molecule has 6 nitrogen and oxygen atoms in total. The Hall–Kier alpha value is -2.32. The summed E-state index contributed by atoms with van der Waals surface area (Å²) in [6, 6.07) is 7.88. The first-order valence-electron chi connectivity index (χ1n) is 10.4. The van der Waals surface area contributed by atoms with Crippen LogP contribution in [0.25, 0.3) is 5.69 Å². The van der Waals surface area contributed by atoms with E-state index in [0.717, 1.165) is 17.7 Å². The van der Waals surface area contributed by atoms with E-state index in [2.05, 4.69) is 4.90 Å². The molecule has 1 saturated heterocycles. The predicted molar refractivity (Wildman–Crippen MR) is 120 cm³/mol. The van der Waals surface area contributed by atoms with Crippen LogP contribution in [0.4, 0.5) is 4.39 Å². The third-order valence-electron chi connectivity index (χ3n) is 6.32. The minimum absolute atomic E-state index is 0.0800. The first kappa shape index (κ1) is 21.5. The molecule has 5 rings (SSSR count). The quantitative estimate of drug-likeness (QED) is 0.621. The number of hydrogen-bond acceptors (Lipinski definition) is 4. The molecule has 3 atom stereocenters. The molecule has 168 valence electrons. The van der Waals surface area contributed by atoms with Crippen molar-refractivity contribution in [3.8, 4) is 11.4 Å². The highest BCUT2D eigenvalue weighted by molar-refractivity contribution is 6.35. The van der Waals surface area contributed by atoms with Crippen LogP contribution in [0, 0.1) is 5.82 Å². The van der Waals surface area contributed by atoms with Crippen LogP contribution >= 0.6 is 23.2 Å². The first-order valence-corrected chi connectivity index (χ1v) is 11.2. The number of aliphatic hydroxyl groups is 1. The molecule has 1 aromatic heterocycles. The van der Waals surface area contributed by atoms with Crippen molar-refractivity contribution in [2.24, 2.45) is 7.05 Å². The minimum Gasteiger partial charge on any atom is -0.481 e. The highest BCUT2D eigenvalue weighted by Gasteiger charge is 2.42. The lowest BCUT2D eigenvalue weighted by molar-refractivity contribution is 0.0790. The number of fused-ring (bicyclic) bond motifs is 1. The first-order chi connectivity index (χ1) is 15.3. The van der Waals surface area contributed by atoms with E-state index in [-0.39, 0.29) is 17.5 Å². The second kappa shape index (κ2) is 8.23. The van der Waals surface area contributed by atoms with Crippen molar-refractivity contribution in [2.45, 2.75) is 31.1 Å². The van der Waals surface area contributed by atoms with E-state index in [1.807, 2.05) is 6.07 Å². The monoisotopic (exact) mass is 477 g/mol. The summed E-state index contributed by atoms with van der Waals surface area (Å²) in [6.45, 7) is 1.26. The highest BCUT2D eigenvalue weighted by Crippen LogP contribution is 2.43. The summed E-state index contributed by atoms with van der Waals surface area (Å²) in [5, 5.41) is 11.1. The highest BCUT2D eigenvalue weighted by atomic mass is 35.5. The Kier molecular flexibility index (Phi) is 5.53. The maximum absolute atomic E-state index is 15.1.